The molecule has 2 aromatic heterocycles. The van der Waals surface area contributed by atoms with Crippen molar-refractivity contribution in [3.05, 3.63) is 47.4 Å². The van der Waals surface area contributed by atoms with Crippen molar-refractivity contribution >= 4 is 11.6 Å². The number of nitrogens with zero attached hydrogens (tertiary/aromatic N) is 4. The Labute approximate surface area is 143 Å². The molecule has 138 valence electrons. The summed E-state index contributed by atoms with van der Waals surface area (Å²) in [6, 6.07) is 4.60. The van der Waals surface area contributed by atoms with Crippen molar-refractivity contribution in [3.63, 3.8) is 0 Å². The number of alkyl halides is 3. The van der Waals surface area contributed by atoms with Gasteiger partial charge in [-0.25, -0.2) is 13.8 Å². The number of hydrogen-bond donors (Lipinski definition) is 1. The molecule has 0 aliphatic carbocycles. The van der Waals surface area contributed by atoms with E-state index in [0.717, 1.165) is 16.6 Å². The van der Waals surface area contributed by atoms with Gasteiger partial charge in [0.15, 0.2) is 11.6 Å². The number of aryl methyl sites for hydroxylation is 1. The third-order valence-corrected chi connectivity index (χ3v) is 3.26. The van der Waals surface area contributed by atoms with Gasteiger partial charge in [0.25, 0.3) is 11.6 Å². The molecule has 0 amide bonds. The molecule has 3 rings (SSSR count). The third kappa shape index (κ3) is 3.81. The van der Waals surface area contributed by atoms with E-state index in [4.69, 9.17) is 4.74 Å². The fourth-order valence-electron chi connectivity index (χ4n) is 2.15. The number of benzene rings is 1. The Morgan fingerprint density at radius 1 is 1.12 bits per heavy atom. The van der Waals surface area contributed by atoms with Crippen molar-refractivity contribution in [3.8, 4) is 5.75 Å². The molecule has 0 aliphatic heterocycles. The van der Waals surface area contributed by atoms with Gasteiger partial charge in [0.2, 0.25) is 0 Å². The maximum Gasteiger partial charge on any atom is 0.453 e. The molecule has 1 aromatic carbocycles. The van der Waals surface area contributed by atoms with Crippen LogP contribution in [0, 0.1) is 18.6 Å². The van der Waals surface area contributed by atoms with Crippen LogP contribution in [0.25, 0.3) is 5.78 Å². The third-order valence-electron chi connectivity index (χ3n) is 3.26. The van der Waals surface area contributed by atoms with Crippen molar-refractivity contribution in [1.29, 1.82) is 0 Å². The van der Waals surface area contributed by atoms with Crippen molar-refractivity contribution in [1.82, 2.24) is 19.6 Å². The number of fused-ring (bicyclic) bond motifs is 1. The number of ether oxygens (including phenoxy) is 1. The van der Waals surface area contributed by atoms with Gasteiger partial charge in [0.1, 0.15) is 18.2 Å². The lowest BCUT2D eigenvalue weighted by atomic mass is 10.3. The van der Waals surface area contributed by atoms with Crippen molar-refractivity contribution in [2.24, 2.45) is 0 Å². The summed E-state index contributed by atoms with van der Waals surface area (Å²) in [6.07, 6.45) is -4.69. The molecule has 11 heteroatoms. The second-order valence-electron chi connectivity index (χ2n) is 5.28. The predicted molar refractivity (Wildman–Crippen MR) is 80.9 cm³/mol. The lowest BCUT2D eigenvalue weighted by molar-refractivity contribution is -0.144. The van der Waals surface area contributed by atoms with Crippen LogP contribution in [0.2, 0.25) is 0 Å². The van der Waals surface area contributed by atoms with Crippen LogP contribution < -0.4 is 10.1 Å². The first-order valence-corrected chi connectivity index (χ1v) is 7.37. The van der Waals surface area contributed by atoms with Crippen LogP contribution in [0.4, 0.5) is 27.8 Å². The van der Waals surface area contributed by atoms with Crippen LogP contribution in [-0.2, 0) is 6.18 Å². The summed E-state index contributed by atoms with van der Waals surface area (Å²) < 4.78 is 70.4. The molecule has 0 radical (unpaired) electrons. The minimum absolute atomic E-state index is 0.0504. The Morgan fingerprint density at radius 3 is 2.58 bits per heavy atom. The Morgan fingerprint density at radius 2 is 1.88 bits per heavy atom. The van der Waals surface area contributed by atoms with E-state index >= 15 is 0 Å². The number of halogens is 5. The van der Waals surface area contributed by atoms with Gasteiger partial charge in [0.05, 0.1) is 6.54 Å². The summed E-state index contributed by atoms with van der Waals surface area (Å²) in [7, 11) is 0. The molecule has 0 unspecified atom stereocenters. The fourth-order valence-corrected chi connectivity index (χ4v) is 2.15. The highest BCUT2D eigenvalue weighted by Crippen LogP contribution is 2.27. The Hall–Kier alpha value is -2.98. The second-order valence-corrected chi connectivity index (χ2v) is 5.28. The Kier molecular flexibility index (Phi) is 4.62. The van der Waals surface area contributed by atoms with Gasteiger partial charge in [-0.2, -0.15) is 22.7 Å². The van der Waals surface area contributed by atoms with Crippen LogP contribution in [-0.4, -0.2) is 32.7 Å². The van der Waals surface area contributed by atoms with E-state index in [-0.39, 0.29) is 30.5 Å². The molecule has 0 spiro atoms. The number of rotatable bonds is 5. The maximum atomic E-state index is 13.1. The molecule has 26 heavy (non-hydrogen) atoms. The van der Waals surface area contributed by atoms with Gasteiger partial charge < -0.3 is 10.1 Å². The van der Waals surface area contributed by atoms with E-state index in [0.29, 0.717) is 5.69 Å². The Balaban J connectivity index is 1.70. The summed E-state index contributed by atoms with van der Waals surface area (Å²) in [5.74, 6) is -3.15. The standard InChI is InChI=1S/C15H12F5N5O/c1-8-6-12(25-14(22-8)23-13(24-25)15(18,19)20)21-4-5-26-9-2-3-10(16)11(17)7-9/h2-3,6-7,21H,4-5H2,1H3. The summed E-state index contributed by atoms with van der Waals surface area (Å²) in [4.78, 5) is 7.27. The predicted octanol–water partition coefficient (Wildman–Crippen LogP) is 3.22. The summed E-state index contributed by atoms with van der Waals surface area (Å²) in [6.45, 7) is 1.82. The van der Waals surface area contributed by atoms with Crippen LogP contribution in [0.1, 0.15) is 11.5 Å². The van der Waals surface area contributed by atoms with Crippen LogP contribution in [0.15, 0.2) is 24.3 Å². The average molecular weight is 373 g/mol. The van der Waals surface area contributed by atoms with Gasteiger partial charge >= 0.3 is 6.18 Å². The SMILES string of the molecule is Cc1cc(NCCOc2ccc(F)c(F)c2)n2nc(C(F)(F)F)nc2n1. The molecule has 2 heterocycles. The van der Waals surface area contributed by atoms with E-state index in [2.05, 4.69) is 20.4 Å². The van der Waals surface area contributed by atoms with E-state index in [1.165, 1.54) is 12.1 Å². The van der Waals surface area contributed by atoms with Gasteiger partial charge in [-0.05, 0) is 19.1 Å². The summed E-state index contributed by atoms with van der Waals surface area (Å²) >= 11 is 0. The molecule has 0 saturated heterocycles. The molecule has 1 N–H and O–H groups in total. The lowest BCUT2D eigenvalue weighted by Gasteiger charge is -2.10. The van der Waals surface area contributed by atoms with E-state index in [9.17, 15) is 22.0 Å². The normalized spacial score (nSPS) is 11.8. The van der Waals surface area contributed by atoms with Gasteiger partial charge in [0, 0.05) is 17.8 Å². The molecule has 0 bridgehead atoms. The first-order valence-electron chi connectivity index (χ1n) is 7.37. The largest absolute Gasteiger partial charge is 0.492 e. The van der Waals surface area contributed by atoms with E-state index in [1.54, 1.807) is 6.92 Å². The zero-order valence-corrected chi connectivity index (χ0v) is 13.3. The molecular formula is C15H12F5N5O. The van der Waals surface area contributed by atoms with Crippen molar-refractivity contribution in [2.75, 3.05) is 18.5 Å². The minimum atomic E-state index is -4.69. The first-order chi connectivity index (χ1) is 12.2. The van der Waals surface area contributed by atoms with E-state index in [1.807, 2.05) is 0 Å². The smallest absolute Gasteiger partial charge is 0.453 e. The summed E-state index contributed by atoms with van der Waals surface area (Å²) in [5, 5.41) is 6.26. The fraction of sp³-hybridized carbons (Fsp3) is 0.267. The second kappa shape index (κ2) is 6.73. The van der Waals surface area contributed by atoms with Gasteiger partial charge in [-0.15, -0.1) is 5.10 Å². The number of aromatic nitrogens is 4. The van der Waals surface area contributed by atoms with E-state index < -0.39 is 23.6 Å². The topological polar surface area (TPSA) is 64.3 Å². The van der Waals surface area contributed by atoms with Crippen LogP contribution in [0.5, 0.6) is 5.75 Å². The molecule has 3 aromatic rings. The van der Waals surface area contributed by atoms with Crippen molar-refractivity contribution in [2.45, 2.75) is 13.1 Å². The maximum absolute atomic E-state index is 13.1. The van der Waals surface area contributed by atoms with Crippen molar-refractivity contribution < 1.29 is 26.7 Å². The lowest BCUT2D eigenvalue weighted by Crippen LogP contribution is -2.15. The monoisotopic (exact) mass is 373 g/mol. The first kappa shape index (κ1) is 17.8. The quantitative estimate of drug-likeness (QED) is 0.550. The number of nitrogens with one attached hydrogen (secondary N) is 1. The zero-order chi connectivity index (χ0) is 18.9. The summed E-state index contributed by atoms with van der Waals surface area (Å²) in [5.41, 5.74) is 0.447. The molecule has 0 atom stereocenters. The highest BCUT2D eigenvalue weighted by Gasteiger charge is 2.36. The molecule has 0 aliphatic rings. The molecule has 0 saturated carbocycles. The molecule has 6 nitrogen and oxygen atoms in total. The van der Waals surface area contributed by atoms with Gasteiger partial charge in [-0.1, -0.05) is 0 Å². The Bertz CT molecular complexity index is 940. The molecule has 0 fully saturated rings. The number of hydrogen-bond acceptors (Lipinski definition) is 5. The van der Waals surface area contributed by atoms with Crippen LogP contribution >= 0.6 is 0 Å². The highest BCUT2D eigenvalue weighted by molar-refractivity contribution is 5.45. The number of anilines is 1. The average Bonchev–Trinajstić information content (AvgIpc) is 2.99. The van der Waals surface area contributed by atoms with Crippen LogP contribution in [0.3, 0.4) is 0 Å². The zero-order valence-electron chi connectivity index (χ0n) is 13.3. The highest BCUT2D eigenvalue weighted by atomic mass is 19.4. The minimum Gasteiger partial charge on any atom is -0.492 e. The van der Waals surface area contributed by atoms with Gasteiger partial charge in [-0.3, -0.25) is 0 Å². The molecular weight excluding hydrogens is 361 g/mol.